The van der Waals surface area contributed by atoms with Crippen LogP contribution in [0.5, 0.6) is 0 Å². The van der Waals surface area contributed by atoms with Gasteiger partial charge >= 0.3 is 0 Å². The van der Waals surface area contributed by atoms with E-state index in [0.29, 0.717) is 0 Å². The maximum Gasteiger partial charge on any atom is 0.0797 e. The van der Waals surface area contributed by atoms with Gasteiger partial charge in [0.25, 0.3) is 0 Å². The minimum atomic E-state index is 0.283. The van der Waals surface area contributed by atoms with Crippen molar-refractivity contribution in [1.82, 2.24) is 15.1 Å². The van der Waals surface area contributed by atoms with Gasteiger partial charge in [0, 0.05) is 13.2 Å². The van der Waals surface area contributed by atoms with Crippen LogP contribution in [0.4, 0.5) is 0 Å². The van der Waals surface area contributed by atoms with Crippen molar-refractivity contribution >= 4 is 0 Å². The molecule has 1 heterocycles. The van der Waals surface area contributed by atoms with E-state index in [4.69, 9.17) is 0 Å². The van der Waals surface area contributed by atoms with E-state index >= 15 is 0 Å². The van der Waals surface area contributed by atoms with Crippen molar-refractivity contribution in [1.29, 1.82) is 0 Å². The van der Waals surface area contributed by atoms with E-state index in [-0.39, 0.29) is 6.04 Å². The van der Waals surface area contributed by atoms with Crippen LogP contribution in [0.15, 0.2) is 30.5 Å². The largest absolute Gasteiger partial charge is 0.309 e. The van der Waals surface area contributed by atoms with E-state index < -0.39 is 0 Å². The van der Waals surface area contributed by atoms with Gasteiger partial charge in [0.05, 0.1) is 11.7 Å². The fourth-order valence-electron chi connectivity index (χ4n) is 2.52. The minimum absolute atomic E-state index is 0.283. The SMILES string of the molecule is CCNC(Cc1c(C)cccc1C)c1ccn(C)n1. The Morgan fingerprint density at radius 1 is 1.21 bits per heavy atom. The summed E-state index contributed by atoms with van der Waals surface area (Å²) in [5, 5.41) is 8.08. The smallest absolute Gasteiger partial charge is 0.0797 e. The van der Waals surface area contributed by atoms with Gasteiger partial charge in [-0.2, -0.15) is 5.10 Å². The molecule has 0 aliphatic rings. The van der Waals surface area contributed by atoms with Crippen LogP contribution in [0.2, 0.25) is 0 Å². The average molecular weight is 257 g/mol. The topological polar surface area (TPSA) is 29.9 Å². The first-order chi connectivity index (χ1) is 9.11. The van der Waals surface area contributed by atoms with Crippen LogP contribution in [0.3, 0.4) is 0 Å². The molecule has 1 atom stereocenters. The molecule has 0 aliphatic heterocycles. The number of benzene rings is 1. The molecule has 1 N–H and O–H groups in total. The maximum absolute atomic E-state index is 4.54. The molecule has 2 aromatic rings. The molecule has 3 heteroatoms. The van der Waals surface area contributed by atoms with Crippen LogP contribution >= 0.6 is 0 Å². The van der Waals surface area contributed by atoms with Crippen molar-refractivity contribution in [3.63, 3.8) is 0 Å². The highest BCUT2D eigenvalue weighted by atomic mass is 15.3. The molecule has 102 valence electrons. The summed E-state index contributed by atoms with van der Waals surface area (Å²) >= 11 is 0. The van der Waals surface area contributed by atoms with Gasteiger partial charge in [-0.15, -0.1) is 0 Å². The lowest BCUT2D eigenvalue weighted by atomic mass is 9.95. The normalized spacial score (nSPS) is 12.6. The maximum atomic E-state index is 4.54. The molecule has 0 amide bonds. The summed E-state index contributed by atoms with van der Waals surface area (Å²) in [6, 6.07) is 8.87. The van der Waals surface area contributed by atoms with Crippen molar-refractivity contribution < 1.29 is 0 Å². The second-order valence-electron chi connectivity index (χ2n) is 5.10. The van der Waals surface area contributed by atoms with Gasteiger partial charge in [0.1, 0.15) is 0 Å². The first-order valence-electron chi connectivity index (χ1n) is 6.89. The number of aromatic nitrogens is 2. The van der Waals surface area contributed by atoms with E-state index in [1.54, 1.807) is 0 Å². The fraction of sp³-hybridized carbons (Fsp3) is 0.438. The van der Waals surface area contributed by atoms with Gasteiger partial charge in [-0.05, 0) is 49.6 Å². The highest BCUT2D eigenvalue weighted by Crippen LogP contribution is 2.22. The Morgan fingerprint density at radius 3 is 2.42 bits per heavy atom. The van der Waals surface area contributed by atoms with Crippen molar-refractivity contribution in [2.75, 3.05) is 6.54 Å². The second kappa shape index (κ2) is 6.02. The van der Waals surface area contributed by atoms with E-state index in [1.165, 1.54) is 16.7 Å². The third kappa shape index (κ3) is 3.24. The number of nitrogens with zero attached hydrogens (tertiary/aromatic N) is 2. The van der Waals surface area contributed by atoms with E-state index in [1.807, 2.05) is 17.9 Å². The van der Waals surface area contributed by atoms with Crippen molar-refractivity contribution in [3.05, 3.63) is 52.8 Å². The van der Waals surface area contributed by atoms with Gasteiger partial charge in [0.15, 0.2) is 0 Å². The highest BCUT2D eigenvalue weighted by molar-refractivity contribution is 5.34. The van der Waals surface area contributed by atoms with Crippen molar-refractivity contribution in [2.24, 2.45) is 7.05 Å². The lowest BCUT2D eigenvalue weighted by Crippen LogP contribution is -2.24. The Kier molecular flexibility index (Phi) is 4.38. The molecule has 19 heavy (non-hydrogen) atoms. The molecule has 1 aromatic heterocycles. The van der Waals surface area contributed by atoms with E-state index in [0.717, 1.165) is 18.7 Å². The summed E-state index contributed by atoms with van der Waals surface area (Å²) in [6.07, 6.45) is 2.99. The Balaban J connectivity index is 2.26. The molecule has 3 nitrogen and oxygen atoms in total. The van der Waals surface area contributed by atoms with Gasteiger partial charge in [-0.1, -0.05) is 25.1 Å². The second-order valence-corrected chi connectivity index (χ2v) is 5.10. The molecule has 0 aliphatic carbocycles. The molecular weight excluding hydrogens is 234 g/mol. The Bertz CT molecular complexity index is 522. The van der Waals surface area contributed by atoms with Crippen LogP contribution in [0, 0.1) is 13.8 Å². The zero-order valence-electron chi connectivity index (χ0n) is 12.3. The Labute approximate surface area is 115 Å². The van der Waals surface area contributed by atoms with Crippen LogP contribution in [0.25, 0.3) is 0 Å². The number of hydrogen-bond donors (Lipinski definition) is 1. The third-order valence-corrected chi connectivity index (χ3v) is 3.59. The molecule has 0 saturated heterocycles. The summed E-state index contributed by atoms with van der Waals surface area (Å²) in [7, 11) is 1.96. The molecule has 0 radical (unpaired) electrons. The van der Waals surface area contributed by atoms with Gasteiger partial charge in [-0.3, -0.25) is 4.68 Å². The zero-order valence-corrected chi connectivity index (χ0v) is 12.3. The van der Waals surface area contributed by atoms with Crippen LogP contribution < -0.4 is 5.32 Å². The Morgan fingerprint density at radius 2 is 1.89 bits per heavy atom. The average Bonchev–Trinajstić information content (AvgIpc) is 2.79. The van der Waals surface area contributed by atoms with Crippen LogP contribution in [-0.2, 0) is 13.5 Å². The lowest BCUT2D eigenvalue weighted by Gasteiger charge is -2.18. The lowest BCUT2D eigenvalue weighted by molar-refractivity contribution is 0.526. The summed E-state index contributed by atoms with van der Waals surface area (Å²) in [4.78, 5) is 0. The fourth-order valence-corrected chi connectivity index (χ4v) is 2.52. The van der Waals surface area contributed by atoms with Crippen LogP contribution in [0.1, 0.15) is 35.3 Å². The first kappa shape index (κ1) is 13.8. The molecule has 0 bridgehead atoms. The molecule has 0 fully saturated rings. The molecule has 1 aromatic carbocycles. The van der Waals surface area contributed by atoms with Crippen molar-refractivity contribution in [2.45, 2.75) is 33.2 Å². The number of rotatable bonds is 5. The number of nitrogens with one attached hydrogen (secondary N) is 1. The number of hydrogen-bond acceptors (Lipinski definition) is 2. The standard InChI is InChI=1S/C16H23N3/c1-5-17-16(15-9-10-19(4)18-15)11-14-12(2)7-6-8-13(14)3/h6-10,16-17H,5,11H2,1-4H3. The summed E-state index contributed by atoms with van der Waals surface area (Å²) < 4.78 is 1.87. The number of aryl methyl sites for hydroxylation is 3. The van der Waals surface area contributed by atoms with Gasteiger partial charge < -0.3 is 5.32 Å². The van der Waals surface area contributed by atoms with Gasteiger partial charge in [0.2, 0.25) is 0 Å². The van der Waals surface area contributed by atoms with E-state index in [2.05, 4.69) is 55.5 Å². The molecule has 2 rings (SSSR count). The highest BCUT2D eigenvalue weighted by Gasteiger charge is 2.16. The summed E-state index contributed by atoms with van der Waals surface area (Å²) in [5.74, 6) is 0. The quantitative estimate of drug-likeness (QED) is 0.892. The molecule has 1 unspecified atom stereocenters. The predicted molar refractivity (Wildman–Crippen MR) is 79.2 cm³/mol. The van der Waals surface area contributed by atoms with Crippen molar-refractivity contribution in [3.8, 4) is 0 Å². The predicted octanol–water partition coefficient (Wildman–Crippen LogP) is 2.93. The van der Waals surface area contributed by atoms with E-state index in [9.17, 15) is 0 Å². The molecule has 0 saturated carbocycles. The zero-order chi connectivity index (χ0) is 13.8. The third-order valence-electron chi connectivity index (χ3n) is 3.59. The summed E-state index contributed by atoms with van der Waals surface area (Å²) in [5.41, 5.74) is 5.27. The monoisotopic (exact) mass is 257 g/mol. The summed E-state index contributed by atoms with van der Waals surface area (Å²) in [6.45, 7) is 7.46. The van der Waals surface area contributed by atoms with Gasteiger partial charge in [-0.25, -0.2) is 0 Å². The minimum Gasteiger partial charge on any atom is -0.309 e. The Hall–Kier alpha value is -1.61. The van der Waals surface area contributed by atoms with Crippen LogP contribution in [-0.4, -0.2) is 16.3 Å². The first-order valence-corrected chi connectivity index (χ1v) is 6.89. The molecular formula is C16H23N3. The molecule has 0 spiro atoms. The number of likely N-dealkylation sites (N-methyl/N-ethyl adjacent to an activating group) is 1.